The highest BCUT2D eigenvalue weighted by atomic mass is 19.1. The van der Waals surface area contributed by atoms with Crippen LogP contribution in [0.5, 0.6) is 0 Å². The number of carbonyl (C=O) groups excluding carboxylic acids is 1. The van der Waals surface area contributed by atoms with Crippen LogP contribution < -0.4 is 0 Å². The van der Waals surface area contributed by atoms with Gasteiger partial charge in [-0.15, -0.1) is 0 Å². The van der Waals surface area contributed by atoms with Crippen LogP contribution in [0, 0.1) is 11.7 Å². The SMILES string of the molecule is COCCc1noc(CN2CCC[C@@H](C(=O)c3ccc(F)cc3)C2)n1. The first-order valence-corrected chi connectivity index (χ1v) is 8.48. The number of rotatable bonds is 7. The summed E-state index contributed by atoms with van der Waals surface area (Å²) in [7, 11) is 1.63. The first-order chi connectivity index (χ1) is 12.2. The monoisotopic (exact) mass is 347 g/mol. The molecule has 25 heavy (non-hydrogen) atoms. The molecule has 0 saturated carbocycles. The number of ketones is 1. The van der Waals surface area contributed by atoms with Crippen molar-refractivity contribution in [2.45, 2.75) is 25.8 Å². The molecule has 3 rings (SSSR count). The highest BCUT2D eigenvalue weighted by molar-refractivity contribution is 5.98. The van der Waals surface area contributed by atoms with E-state index >= 15 is 0 Å². The van der Waals surface area contributed by atoms with Crippen LogP contribution in [0.3, 0.4) is 0 Å². The Bertz CT molecular complexity index is 702. The predicted octanol–water partition coefficient (Wildman–Crippen LogP) is 2.49. The molecule has 2 heterocycles. The molecule has 7 heteroatoms. The Kier molecular flexibility index (Phi) is 5.88. The summed E-state index contributed by atoms with van der Waals surface area (Å²) in [6.07, 6.45) is 2.39. The summed E-state index contributed by atoms with van der Waals surface area (Å²) in [5.74, 6) is 0.836. The largest absolute Gasteiger partial charge is 0.384 e. The maximum Gasteiger partial charge on any atom is 0.240 e. The summed E-state index contributed by atoms with van der Waals surface area (Å²) in [4.78, 5) is 19.1. The first kappa shape index (κ1) is 17.7. The van der Waals surface area contributed by atoms with Crippen molar-refractivity contribution in [2.75, 3.05) is 26.8 Å². The second-order valence-corrected chi connectivity index (χ2v) is 6.29. The zero-order valence-corrected chi connectivity index (χ0v) is 14.3. The first-order valence-electron chi connectivity index (χ1n) is 8.48. The normalized spacial score (nSPS) is 18.4. The highest BCUT2D eigenvalue weighted by Gasteiger charge is 2.27. The topological polar surface area (TPSA) is 68.5 Å². The molecule has 1 saturated heterocycles. The van der Waals surface area contributed by atoms with Crippen molar-refractivity contribution in [1.82, 2.24) is 15.0 Å². The third-order valence-corrected chi connectivity index (χ3v) is 4.40. The van der Waals surface area contributed by atoms with Gasteiger partial charge in [0.1, 0.15) is 5.82 Å². The van der Waals surface area contributed by atoms with Gasteiger partial charge in [0.05, 0.1) is 13.2 Å². The lowest BCUT2D eigenvalue weighted by Gasteiger charge is -2.30. The van der Waals surface area contributed by atoms with Gasteiger partial charge in [-0.25, -0.2) is 4.39 Å². The van der Waals surface area contributed by atoms with Crippen molar-refractivity contribution < 1.29 is 18.4 Å². The number of ether oxygens (including phenoxy) is 1. The van der Waals surface area contributed by atoms with Gasteiger partial charge in [0.2, 0.25) is 5.89 Å². The molecule has 0 spiro atoms. The van der Waals surface area contributed by atoms with E-state index in [1.165, 1.54) is 12.1 Å². The van der Waals surface area contributed by atoms with Crippen LogP contribution in [0.25, 0.3) is 0 Å². The molecule has 1 aromatic heterocycles. The van der Waals surface area contributed by atoms with Gasteiger partial charge in [0.25, 0.3) is 0 Å². The summed E-state index contributed by atoms with van der Waals surface area (Å²) in [5, 5.41) is 3.93. The Morgan fingerprint density at radius 3 is 2.96 bits per heavy atom. The summed E-state index contributed by atoms with van der Waals surface area (Å²) in [5.41, 5.74) is 0.563. The molecule has 0 aliphatic carbocycles. The van der Waals surface area contributed by atoms with Crippen LogP contribution in [0.2, 0.25) is 0 Å². The summed E-state index contributed by atoms with van der Waals surface area (Å²) in [6, 6.07) is 5.76. The molecule has 1 aliphatic heterocycles. The third-order valence-electron chi connectivity index (χ3n) is 4.40. The van der Waals surface area contributed by atoms with Crippen molar-refractivity contribution in [3.8, 4) is 0 Å². The minimum Gasteiger partial charge on any atom is -0.384 e. The van der Waals surface area contributed by atoms with E-state index in [1.54, 1.807) is 19.2 Å². The van der Waals surface area contributed by atoms with E-state index in [1.807, 2.05) is 0 Å². The highest BCUT2D eigenvalue weighted by Crippen LogP contribution is 2.22. The molecular weight excluding hydrogens is 325 g/mol. The second kappa shape index (κ2) is 8.31. The average Bonchev–Trinajstić information content (AvgIpc) is 3.07. The molecule has 1 fully saturated rings. The van der Waals surface area contributed by atoms with Crippen molar-refractivity contribution in [3.05, 3.63) is 47.4 Å². The summed E-state index contributed by atoms with van der Waals surface area (Å²) < 4.78 is 23.3. The Hall–Kier alpha value is -2.12. The van der Waals surface area contributed by atoms with Crippen LogP contribution >= 0.6 is 0 Å². The van der Waals surface area contributed by atoms with Gasteiger partial charge in [-0.05, 0) is 43.7 Å². The lowest BCUT2D eigenvalue weighted by molar-refractivity contribution is 0.0797. The van der Waals surface area contributed by atoms with E-state index in [-0.39, 0.29) is 17.5 Å². The van der Waals surface area contributed by atoms with Crippen LogP contribution in [0.15, 0.2) is 28.8 Å². The van der Waals surface area contributed by atoms with Gasteiger partial charge < -0.3 is 9.26 Å². The third kappa shape index (κ3) is 4.70. The number of likely N-dealkylation sites (tertiary alicyclic amines) is 1. The average molecular weight is 347 g/mol. The Balaban J connectivity index is 1.58. The van der Waals surface area contributed by atoms with Crippen LogP contribution in [0.4, 0.5) is 4.39 Å². The van der Waals surface area contributed by atoms with Crippen molar-refractivity contribution >= 4 is 5.78 Å². The minimum atomic E-state index is -0.331. The van der Waals surface area contributed by atoms with Crippen LogP contribution in [0.1, 0.15) is 34.9 Å². The number of piperidine rings is 1. The van der Waals surface area contributed by atoms with Crippen LogP contribution in [-0.4, -0.2) is 47.6 Å². The molecule has 134 valence electrons. The number of aromatic nitrogens is 2. The lowest BCUT2D eigenvalue weighted by atomic mass is 9.90. The molecule has 0 bridgehead atoms. The molecule has 2 aromatic rings. The summed E-state index contributed by atoms with van der Waals surface area (Å²) >= 11 is 0. The molecule has 6 nitrogen and oxygen atoms in total. The van der Waals surface area contributed by atoms with E-state index in [2.05, 4.69) is 15.0 Å². The Morgan fingerprint density at radius 1 is 1.40 bits per heavy atom. The van der Waals surface area contributed by atoms with Gasteiger partial charge >= 0.3 is 0 Å². The zero-order valence-electron chi connectivity index (χ0n) is 14.3. The van der Waals surface area contributed by atoms with Gasteiger partial charge in [-0.1, -0.05) is 5.16 Å². The van der Waals surface area contributed by atoms with Crippen LogP contribution in [-0.2, 0) is 17.7 Å². The summed E-state index contributed by atoms with van der Waals surface area (Å²) in [6.45, 7) is 2.62. The molecule has 0 unspecified atom stereocenters. The van der Waals surface area contributed by atoms with Gasteiger partial charge in [-0.2, -0.15) is 4.98 Å². The van der Waals surface area contributed by atoms with Gasteiger partial charge in [0.15, 0.2) is 11.6 Å². The van der Waals surface area contributed by atoms with Crippen molar-refractivity contribution in [1.29, 1.82) is 0 Å². The molecule has 0 amide bonds. The van der Waals surface area contributed by atoms with Gasteiger partial charge in [0, 0.05) is 31.6 Å². The minimum absolute atomic E-state index is 0.0658. The Morgan fingerprint density at radius 2 is 2.20 bits per heavy atom. The molecule has 0 N–H and O–H groups in total. The molecule has 1 atom stereocenters. The number of Topliss-reactive ketones (excluding diaryl/α,β-unsaturated/α-hetero) is 1. The Labute approximate surface area is 146 Å². The van der Waals surface area contributed by atoms with E-state index in [4.69, 9.17) is 9.26 Å². The van der Waals surface area contributed by atoms with Crippen molar-refractivity contribution in [3.63, 3.8) is 0 Å². The van der Waals surface area contributed by atoms with E-state index in [0.717, 1.165) is 19.4 Å². The second-order valence-electron chi connectivity index (χ2n) is 6.29. The van der Waals surface area contributed by atoms with Gasteiger partial charge in [-0.3, -0.25) is 9.69 Å². The quantitative estimate of drug-likeness (QED) is 0.717. The predicted molar refractivity (Wildman–Crippen MR) is 88.6 cm³/mol. The lowest BCUT2D eigenvalue weighted by Crippen LogP contribution is -2.38. The number of benzene rings is 1. The number of hydrogen-bond donors (Lipinski definition) is 0. The molecule has 1 aromatic carbocycles. The smallest absolute Gasteiger partial charge is 0.240 e. The number of halogens is 1. The fraction of sp³-hybridized carbons (Fsp3) is 0.500. The van der Waals surface area contributed by atoms with E-state index in [9.17, 15) is 9.18 Å². The van der Waals surface area contributed by atoms with Crippen molar-refractivity contribution in [2.24, 2.45) is 5.92 Å². The maximum atomic E-state index is 13.0. The molecule has 0 radical (unpaired) electrons. The van der Waals surface area contributed by atoms with E-state index < -0.39 is 0 Å². The maximum absolute atomic E-state index is 13.0. The van der Waals surface area contributed by atoms with E-state index in [0.29, 0.717) is 43.4 Å². The zero-order chi connectivity index (χ0) is 17.6. The number of carbonyl (C=O) groups is 1. The molecule has 1 aliphatic rings. The number of nitrogens with zero attached hydrogens (tertiary/aromatic N) is 3. The fourth-order valence-electron chi connectivity index (χ4n) is 3.10. The number of methoxy groups -OCH3 is 1. The number of hydrogen-bond acceptors (Lipinski definition) is 6. The molecular formula is C18H22FN3O3. The standard InChI is InChI=1S/C18H22FN3O3/c1-24-10-8-16-20-17(25-21-16)12-22-9-2-3-14(11-22)18(23)13-4-6-15(19)7-5-13/h4-7,14H,2-3,8-12H2,1H3/t14-/m1/s1. The fourth-order valence-corrected chi connectivity index (χ4v) is 3.10.